The summed E-state index contributed by atoms with van der Waals surface area (Å²) < 4.78 is 22.8. The number of thiazole rings is 1. The van der Waals surface area contributed by atoms with Gasteiger partial charge in [-0.3, -0.25) is 19.3 Å². The molecule has 1 aliphatic carbocycles. The van der Waals surface area contributed by atoms with Crippen molar-refractivity contribution in [3.8, 4) is 0 Å². The van der Waals surface area contributed by atoms with E-state index >= 15 is 4.39 Å². The van der Waals surface area contributed by atoms with E-state index in [2.05, 4.69) is 30.7 Å². The van der Waals surface area contributed by atoms with Gasteiger partial charge in [-0.05, 0) is 18.9 Å². The number of H-pyrrole nitrogens is 1. The van der Waals surface area contributed by atoms with Crippen molar-refractivity contribution in [3.05, 3.63) is 79.5 Å². The summed E-state index contributed by atoms with van der Waals surface area (Å²) in [7, 11) is 0. The fraction of sp³-hybridized carbons (Fsp3) is 0.353. The number of carboxylic acid groups (broad SMARTS) is 1. The van der Waals surface area contributed by atoms with Crippen LogP contribution in [0.3, 0.4) is 0 Å². The van der Waals surface area contributed by atoms with E-state index in [1.54, 1.807) is 4.57 Å². The van der Waals surface area contributed by atoms with Crippen LogP contribution >= 0.6 is 34.7 Å². The van der Waals surface area contributed by atoms with Gasteiger partial charge in [0.1, 0.15) is 40.8 Å². The number of nitrogens with one attached hydrogen (secondary N) is 3. The number of ether oxygens (including phenoxy) is 1. The summed E-state index contributed by atoms with van der Waals surface area (Å²) in [5.41, 5.74) is 5.24. The Morgan fingerprint density at radius 1 is 1.20 bits per heavy atom. The van der Waals surface area contributed by atoms with Crippen LogP contribution in [0.5, 0.6) is 0 Å². The number of fused-ring (bicyclic) bond motifs is 2. The number of aromatic nitrogens is 4. The summed E-state index contributed by atoms with van der Waals surface area (Å²) in [6, 6.07) is -0.115. The molecule has 3 fully saturated rings. The van der Waals surface area contributed by atoms with Crippen molar-refractivity contribution < 1.29 is 38.2 Å². The van der Waals surface area contributed by atoms with Gasteiger partial charge in [0.05, 0.1) is 39.8 Å². The lowest BCUT2D eigenvalue weighted by Crippen LogP contribution is -2.71. The summed E-state index contributed by atoms with van der Waals surface area (Å²) in [4.78, 5) is 85.6. The van der Waals surface area contributed by atoms with Crippen LogP contribution in [-0.2, 0) is 30.6 Å². The third-order valence-electron chi connectivity index (χ3n) is 9.60. The Balaban J connectivity index is 0.997. The predicted molar refractivity (Wildman–Crippen MR) is 203 cm³/mol. The molecule has 1 aromatic carbocycles. The molecule has 3 aliphatic heterocycles. The lowest BCUT2D eigenvalue weighted by atomic mass is 10.0. The van der Waals surface area contributed by atoms with E-state index in [1.807, 2.05) is 4.90 Å². The molecule has 2 saturated heterocycles. The van der Waals surface area contributed by atoms with E-state index < -0.39 is 58.7 Å². The number of benzene rings is 1. The minimum atomic E-state index is -1.46. The Labute approximate surface area is 328 Å². The average Bonchev–Trinajstić information content (AvgIpc) is 3.73. The molecule has 1 saturated carbocycles. The fourth-order valence-electron chi connectivity index (χ4n) is 6.76. The predicted octanol–water partition coefficient (Wildman–Crippen LogP) is 1.82. The number of carbonyl (C=O) groups is 4. The first-order valence-corrected chi connectivity index (χ1v) is 19.6. The molecular formula is C34H32ClFN10O8S2. The van der Waals surface area contributed by atoms with E-state index in [9.17, 15) is 29.1 Å². The van der Waals surface area contributed by atoms with E-state index in [4.69, 9.17) is 26.9 Å². The highest BCUT2D eigenvalue weighted by atomic mass is 35.5. The summed E-state index contributed by atoms with van der Waals surface area (Å²) in [6.07, 6.45) is 5.84. The number of anilines is 2. The molecule has 4 aliphatic rings. The monoisotopic (exact) mass is 826 g/mol. The van der Waals surface area contributed by atoms with Crippen LogP contribution in [0.4, 0.5) is 15.2 Å². The first-order chi connectivity index (χ1) is 27.0. The Morgan fingerprint density at radius 2 is 1.98 bits per heavy atom. The highest BCUT2D eigenvalue weighted by Gasteiger charge is 2.54. The number of β-lactam (4-membered cyclic amide) rings is 1. The van der Waals surface area contributed by atoms with Gasteiger partial charge in [-0.2, -0.15) is 0 Å². The number of piperazine rings is 1. The van der Waals surface area contributed by atoms with Crippen LogP contribution in [0.25, 0.3) is 10.9 Å². The van der Waals surface area contributed by atoms with Gasteiger partial charge < -0.3 is 45.5 Å². The molecule has 2 amide bonds. The molecule has 22 heteroatoms. The number of nitrogens with two attached hydrogens (primary N) is 1. The van der Waals surface area contributed by atoms with E-state index in [1.165, 1.54) is 24.1 Å². The number of pyridine rings is 1. The number of aliphatic carboxylic acids is 1. The van der Waals surface area contributed by atoms with Crippen molar-refractivity contribution in [2.75, 3.05) is 49.2 Å². The molecular weight excluding hydrogens is 795 g/mol. The van der Waals surface area contributed by atoms with Crippen LogP contribution in [0.15, 0.2) is 51.4 Å². The van der Waals surface area contributed by atoms with Crippen molar-refractivity contribution in [2.24, 2.45) is 5.16 Å². The molecule has 56 heavy (non-hydrogen) atoms. The van der Waals surface area contributed by atoms with Crippen LogP contribution in [0.1, 0.15) is 40.6 Å². The molecule has 292 valence electrons. The number of carboxylic acids is 1. The largest absolute Gasteiger partial charge is 0.477 e. The number of hydrogen-bond acceptors (Lipinski definition) is 15. The number of amides is 2. The van der Waals surface area contributed by atoms with Crippen molar-refractivity contribution >= 4 is 85.9 Å². The van der Waals surface area contributed by atoms with Gasteiger partial charge in [-0.1, -0.05) is 16.8 Å². The maximum absolute atomic E-state index is 15.6. The average molecular weight is 827 g/mol. The molecule has 0 radical (unpaired) electrons. The molecule has 6 N–H and O–H groups in total. The fourth-order valence-corrected chi connectivity index (χ4v) is 9.05. The Bertz CT molecular complexity index is 2390. The zero-order valence-corrected chi connectivity index (χ0v) is 31.5. The maximum Gasteiger partial charge on any atom is 0.352 e. The number of carbonyl (C=O) groups excluding carboxylic acids is 3. The summed E-state index contributed by atoms with van der Waals surface area (Å²) in [5, 5.41) is 20.8. The Kier molecular flexibility index (Phi) is 10.2. The smallest absolute Gasteiger partial charge is 0.352 e. The number of aromatic amines is 1. The molecule has 3 aromatic heterocycles. The number of halogens is 2. The van der Waals surface area contributed by atoms with Crippen molar-refractivity contribution in [1.82, 2.24) is 35.1 Å². The number of hydrogen-bond donors (Lipinski definition) is 5. The zero-order chi connectivity index (χ0) is 39.2. The van der Waals surface area contributed by atoms with Gasteiger partial charge in [0.15, 0.2) is 17.5 Å². The molecule has 8 rings (SSSR count). The lowest BCUT2D eigenvalue weighted by Gasteiger charge is -2.49. The molecule has 18 nitrogen and oxygen atoms in total. The second-order valence-electron chi connectivity index (χ2n) is 13.2. The zero-order valence-electron chi connectivity index (χ0n) is 29.1. The number of nitrogens with zero attached hydrogens (tertiary/aromatic N) is 6. The first-order valence-electron chi connectivity index (χ1n) is 17.3. The van der Waals surface area contributed by atoms with Gasteiger partial charge in [-0.15, -0.1) is 23.1 Å². The third kappa shape index (κ3) is 6.94. The normalized spacial score (nSPS) is 19.8. The number of thioether (sulfide) groups is 1. The van der Waals surface area contributed by atoms with E-state index in [0.29, 0.717) is 37.4 Å². The van der Waals surface area contributed by atoms with E-state index in [-0.39, 0.29) is 62.2 Å². The number of nitrogen functional groups attached to an aromatic ring is 1. The number of oxime groups is 1. The Morgan fingerprint density at radius 3 is 2.66 bits per heavy atom. The van der Waals surface area contributed by atoms with Gasteiger partial charge in [-0.25, -0.2) is 23.9 Å². The highest BCUT2D eigenvalue weighted by molar-refractivity contribution is 8.00. The first kappa shape index (κ1) is 37.4. The van der Waals surface area contributed by atoms with Gasteiger partial charge >= 0.3 is 11.9 Å². The SMILES string of the molecule is Nc1nc(C(=NOCc2cnc[nH]2)C(=O)N[C@@H]2C(=O)N3C(C(=O)O)=C(COC(=O)c4cn(C5CC5)c5c(Cl)c(N6CCNCC6)c(F)cc5c4=O)CS[C@H]23)cs1. The van der Waals surface area contributed by atoms with Crippen LogP contribution in [0.2, 0.25) is 5.02 Å². The second kappa shape index (κ2) is 15.2. The number of esters is 1. The summed E-state index contributed by atoms with van der Waals surface area (Å²) >= 11 is 9.02. The lowest BCUT2D eigenvalue weighted by molar-refractivity contribution is -0.150. The molecule has 4 aromatic rings. The molecule has 0 unspecified atom stereocenters. The number of imidazole rings is 1. The van der Waals surface area contributed by atoms with Gasteiger partial charge in [0, 0.05) is 55.1 Å². The highest BCUT2D eigenvalue weighted by Crippen LogP contribution is 2.43. The molecule has 0 spiro atoms. The molecule has 2 atom stereocenters. The Hall–Kier alpha value is -5.51. The third-order valence-corrected chi connectivity index (χ3v) is 12.0. The molecule has 0 bridgehead atoms. The van der Waals surface area contributed by atoms with Crippen LogP contribution in [-0.4, -0.2) is 109 Å². The minimum absolute atomic E-state index is 0.00618. The topological polar surface area (TPSA) is 239 Å². The standard InChI is InChI=1S/C34H32ClFN10O8S2/c35-22-26-18(7-20(36)27(22)44-5-3-38-4-6-44)28(47)19(9-45(26)17-1-2-17)33(52)53-10-15-12-55-31-24(30(49)46(31)25(15)32(50)51)42-29(48)23(21-13-56-34(37)41-21)43-54-11-16-8-39-14-40-16/h7-9,13-14,17,24,31,38H,1-6,10-12H2,(H2,37,41)(H,39,40)(H,42,48)(H,50,51)/t24-,31-/m1/s1. The second-order valence-corrected chi connectivity index (χ2v) is 15.6. The van der Waals surface area contributed by atoms with Crippen LogP contribution in [0, 0.1) is 5.82 Å². The van der Waals surface area contributed by atoms with Gasteiger partial charge in [0.25, 0.3) is 11.8 Å². The van der Waals surface area contributed by atoms with E-state index in [0.717, 1.165) is 46.9 Å². The van der Waals surface area contributed by atoms with Crippen LogP contribution < -0.4 is 26.7 Å². The molecule has 6 heterocycles. The quantitative estimate of drug-likeness (QED) is 0.0593. The summed E-state index contributed by atoms with van der Waals surface area (Å²) in [6.45, 7) is 1.71. The van der Waals surface area contributed by atoms with Gasteiger partial charge in [0.2, 0.25) is 5.43 Å². The minimum Gasteiger partial charge on any atom is -0.477 e. The summed E-state index contributed by atoms with van der Waals surface area (Å²) in [5.74, 6) is -4.74. The van der Waals surface area contributed by atoms with Crippen molar-refractivity contribution in [1.29, 1.82) is 0 Å². The van der Waals surface area contributed by atoms with Crippen molar-refractivity contribution in [3.63, 3.8) is 0 Å². The van der Waals surface area contributed by atoms with Crippen molar-refractivity contribution in [2.45, 2.75) is 36.9 Å². The maximum atomic E-state index is 15.6. The number of rotatable bonds is 12.